The third-order valence-corrected chi connectivity index (χ3v) is 4.97. The monoisotopic (exact) mass is 410 g/mol. The standard InChI is InChI=1S/C24H18N4O3/c25-14-16-5-4-8-18(11-16)24(31)27-19-9-10-20-22(12-19)28(15-26-20)21(13-23(29)30)17-6-2-1-3-7-17/h1-12,15,21H,13H2,(H,27,31)(H,29,30). The maximum Gasteiger partial charge on any atom is 0.305 e. The fraction of sp³-hybridized carbons (Fsp3) is 0.0833. The fourth-order valence-electron chi connectivity index (χ4n) is 3.50. The van der Waals surface area contributed by atoms with Crippen LogP contribution in [-0.4, -0.2) is 26.5 Å². The lowest BCUT2D eigenvalue weighted by Gasteiger charge is -2.18. The predicted molar refractivity (Wildman–Crippen MR) is 116 cm³/mol. The van der Waals surface area contributed by atoms with E-state index in [-0.39, 0.29) is 12.3 Å². The number of carboxylic acids is 1. The summed E-state index contributed by atoms with van der Waals surface area (Å²) in [6.45, 7) is 0. The van der Waals surface area contributed by atoms with Gasteiger partial charge in [0.1, 0.15) is 0 Å². The lowest BCUT2D eigenvalue weighted by molar-refractivity contribution is -0.137. The topological polar surface area (TPSA) is 108 Å². The van der Waals surface area contributed by atoms with Crippen molar-refractivity contribution in [3.8, 4) is 6.07 Å². The molecule has 0 spiro atoms. The quantitative estimate of drug-likeness (QED) is 0.495. The van der Waals surface area contributed by atoms with Gasteiger partial charge in [0.2, 0.25) is 0 Å². The molecule has 0 radical (unpaired) electrons. The minimum absolute atomic E-state index is 0.104. The number of carboxylic acid groups (broad SMARTS) is 1. The summed E-state index contributed by atoms with van der Waals surface area (Å²) in [5, 5.41) is 21.3. The van der Waals surface area contributed by atoms with Gasteiger partial charge >= 0.3 is 5.97 Å². The van der Waals surface area contributed by atoms with Crippen LogP contribution in [0.3, 0.4) is 0 Å². The minimum atomic E-state index is -0.919. The molecule has 7 heteroatoms. The number of nitriles is 1. The van der Waals surface area contributed by atoms with E-state index >= 15 is 0 Å². The first kappa shape index (κ1) is 19.9. The van der Waals surface area contributed by atoms with E-state index < -0.39 is 12.0 Å². The van der Waals surface area contributed by atoms with E-state index in [9.17, 15) is 14.7 Å². The Morgan fingerprint density at radius 2 is 1.87 bits per heavy atom. The van der Waals surface area contributed by atoms with Crippen molar-refractivity contribution in [2.75, 3.05) is 5.32 Å². The second-order valence-corrected chi connectivity index (χ2v) is 7.03. The second-order valence-electron chi connectivity index (χ2n) is 7.03. The molecule has 4 rings (SSSR count). The van der Waals surface area contributed by atoms with Crippen LogP contribution in [0.15, 0.2) is 79.1 Å². The molecule has 0 aliphatic carbocycles. The Hall–Kier alpha value is -4.44. The number of aliphatic carboxylic acids is 1. The Kier molecular flexibility index (Phi) is 5.45. The molecule has 1 amide bonds. The summed E-state index contributed by atoms with van der Waals surface area (Å²) in [6, 6.07) is 22.7. The number of nitrogens with zero attached hydrogens (tertiary/aromatic N) is 3. The van der Waals surface area contributed by atoms with Gasteiger partial charge in [-0.1, -0.05) is 36.4 Å². The van der Waals surface area contributed by atoms with Crippen LogP contribution in [0, 0.1) is 11.3 Å². The summed E-state index contributed by atoms with van der Waals surface area (Å²) < 4.78 is 1.81. The summed E-state index contributed by atoms with van der Waals surface area (Å²) in [6.07, 6.45) is 1.51. The van der Waals surface area contributed by atoms with E-state index in [1.807, 2.05) is 41.0 Å². The Bertz CT molecular complexity index is 1310. The lowest BCUT2D eigenvalue weighted by atomic mass is 10.0. The number of fused-ring (bicyclic) bond motifs is 1. The third-order valence-electron chi connectivity index (χ3n) is 4.97. The number of hydrogen-bond acceptors (Lipinski definition) is 4. The normalized spacial score (nSPS) is 11.6. The summed E-state index contributed by atoms with van der Waals surface area (Å²) in [4.78, 5) is 28.5. The molecule has 0 saturated carbocycles. The van der Waals surface area contributed by atoms with Crippen molar-refractivity contribution in [2.24, 2.45) is 0 Å². The average molecular weight is 410 g/mol. The molecule has 0 fully saturated rings. The molecule has 1 heterocycles. The molecule has 7 nitrogen and oxygen atoms in total. The van der Waals surface area contributed by atoms with Crippen LogP contribution >= 0.6 is 0 Å². The van der Waals surface area contributed by atoms with Gasteiger partial charge in [-0.05, 0) is 42.0 Å². The van der Waals surface area contributed by atoms with Gasteiger partial charge in [0.25, 0.3) is 5.91 Å². The summed E-state index contributed by atoms with van der Waals surface area (Å²) in [5.41, 5.74) is 3.58. The number of amides is 1. The zero-order valence-electron chi connectivity index (χ0n) is 16.4. The predicted octanol–water partition coefficient (Wildman–Crippen LogP) is 4.22. The number of rotatable bonds is 6. The van der Waals surface area contributed by atoms with Crippen LogP contribution in [0.1, 0.15) is 33.9 Å². The van der Waals surface area contributed by atoms with Crippen molar-refractivity contribution < 1.29 is 14.7 Å². The highest BCUT2D eigenvalue weighted by atomic mass is 16.4. The lowest BCUT2D eigenvalue weighted by Crippen LogP contribution is -2.15. The number of carbonyl (C=O) groups is 2. The van der Waals surface area contributed by atoms with Crippen LogP contribution in [0.2, 0.25) is 0 Å². The van der Waals surface area contributed by atoms with E-state index in [4.69, 9.17) is 5.26 Å². The molecule has 1 atom stereocenters. The fourth-order valence-corrected chi connectivity index (χ4v) is 3.50. The third kappa shape index (κ3) is 4.28. The summed E-state index contributed by atoms with van der Waals surface area (Å²) in [5.74, 6) is -1.26. The molecule has 152 valence electrons. The summed E-state index contributed by atoms with van der Waals surface area (Å²) >= 11 is 0. The first-order chi connectivity index (χ1) is 15.0. The molecule has 0 aliphatic rings. The molecule has 1 aromatic heterocycles. The highest BCUT2D eigenvalue weighted by molar-refractivity contribution is 6.05. The maximum atomic E-state index is 12.6. The van der Waals surface area contributed by atoms with E-state index in [1.165, 1.54) is 6.07 Å². The number of aromatic nitrogens is 2. The van der Waals surface area contributed by atoms with Crippen LogP contribution in [0.4, 0.5) is 5.69 Å². The molecule has 1 unspecified atom stereocenters. The molecule has 0 bridgehead atoms. The highest BCUT2D eigenvalue weighted by Gasteiger charge is 2.20. The molecular formula is C24H18N4O3. The van der Waals surface area contributed by atoms with E-state index in [0.717, 1.165) is 5.56 Å². The van der Waals surface area contributed by atoms with Crippen molar-refractivity contribution in [1.82, 2.24) is 9.55 Å². The zero-order chi connectivity index (χ0) is 21.8. The molecule has 4 aromatic rings. The van der Waals surface area contributed by atoms with Crippen molar-refractivity contribution in [3.63, 3.8) is 0 Å². The second kappa shape index (κ2) is 8.51. The first-order valence-corrected chi connectivity index (χ1v) is 9.60. The highest BCUT2D eigenvalue weighted by Crippen LogP contribution is 2.28. The van der Waals surface area contributed by atoms with Gasteiger partial charge in [-0.25, -0.2) is 4.98 Å². The SMILES string of the molecule is N#Cc1cccc(C(=O)Nc2ccc3ncn(C(CC(=O)O)c4ccccc4)c3c2)c1. The number of nitrogens with one attached hydrogen (secondary N) is 1. The molecule has 31 heavy (non-hydrogen) atoms. The zero-order valence-corrected chi connectivity index (χ0v) is 16.4. The van der Waals surface area contributed by atoms with Crippen molar-refractivity contribution in [3.05, 3.63) is 95.8 Å². The number of benzene rings is 3. The average Bonchev–Trinajstić information content (AvgIpc) is 3.21. The van der Waals surface area contributed by atoms with Gasteiger partial charge in [-0.15, -0.1) is 0 Å². The van der Waals surface area contributed by atoms with Crippen molar-refractivity contribution >= 4 is 28.6 Å². The molecule has 0 saturated heterocycles. The van der Waals surface area contributed by atoms with Crippen LogP contribution < -0.4 is 5.32 Å². The van der Waals surface area contributed by atoms with Gasteiger partial charge in [0.05, 0.1) is 41.5 Å². The van der Waals surface area contributed by atoms with Gasteiger partial charge in [-0.3, -0.25) is 9.59 Å². The maximum absolute atomic E-state index is 12.6. The van der Waals surface area contributed by atoms with Crippen LogP contribution in [-0.2, 0) is 4.79 Å². The molecule has 0 aliphatic heterocycles. The van der Waals surface area contributed by atoms with Gasteiger partial charge in [-0.2, -0.15) is 5.26 Å². The number of hydrogen-bond donors (Lipinski definition) is 2. The molecular weight excluding hydrogens is 392 g/mol. The van der Waals surface area contributed by atoms with Crippen LogP contribution in [0.25, 0.3) is 11.0 Å². The number of carbonyl (C=O) groups excluding carboxylic acids is 1. The van der Waals surface area contributed by atoms with E-state index in [1.54, 1.807) is 42.7 Å². The molecule has 3 aromatic carbocycles. The van der Waals surface area contributed by atoms with E-state index in [0.29, 0.717) is 27.8 Å². The minimum Gasteiger partial charge on any atom is -0.481 e. The van der Waals surface area contributed by atoms with Crippen molar-refractivity contribution in [2.45, 2.75) is 12.5 Å². The largest absolute Gasteiger partial charge is 0.481 e. The van der Waals surface area contributed by atoms with Crippen molar-refractivity contribution in [1.29, 1.82) is 5.26 Å². The van der Waals surface area contributed by atoms with E-state index in [2.05, 4.69) is 10.3 Å². The molecule has 2 N–H and O–H groups in total. The Labute approximate surface area is 178 Å². The number of imidazole rings is 1. The van der Waals surface area contributed by atoms with Gasteiger partial charge in [0.15, 0.2) is 0 Å². The Morgan fingerprint density at radius 1 is 1.06 bits per heavy atom. The Balaban J connectivity index is 1.69. The smallest absolute Gasteiger partial charge is 0.305 e. The van der Waals surface area contributed by atoms with Crippen LogP contribution in [0.5, 0.6) is 0 Å². The Morgan fingerprint density at radius 3 is 2.61 bits per heavy atom. The first-order valence-electron chi connectivity index (χ1n) is 9.60. The van der Waals surface area contributed by atoms with Gasteiger partial charge in [0, 0.05) is 11.3 Å². The summed E-state index contributed by atoms with van der Waals surface area (Å²) in [7, 11) is 0. The number of anilines is 1. The van der Waals surface area contributed by atoms with Gasteiger partial charge < -0.3 is 15.0 Å².